The largest absolute Gasteiger partial charge is 0.366 e. The minimum Gasteiger partial charge on any atom is -0.366 e. The molecule has 142 valence electrons. The molecule has 2 aromatic rings. The van der Waals surface area contributed by atoms with Gasteiger partial charge in [0.2, 0.25) is 0 Å². The molecule has 2 heterocycles. The Labute approximate surface area is 161 Å². The van der Waals surface area contributed by atoms with Gasteiger partial charge >= 0.3 is 0 Å². The summed E-state index contributed by atoms with van der Waals surface area (Å²) in [5.41, 5.74) is 2.52. The summed E-state index contributed by atoms with van der Waals surface area (Å²) < 4.78 is 5.91. The number of amides is 1. The third-order valence-electron chi connectivity index (χ3n) is 5.64. The molecule has 2 fully saturated rings. The second kappa shape index (κ2) is 8.68. The predicted octanol–water partition coefficient (Wildman–Crippen LogP) is 3.49. The van der Waals surface area contributed by atoms with Gasteiger partial charge in [-0.1, -0.05) is 60.7 Å². The van der Waals surface area contributed by atoms with E-state index in [9.17, 15) is 4.79 Å². The number of benzene rings is 2. The van der Waals surface area contributed by atoms with E-state index in [2.05, 4.69) is 53.4 Å². The molecule has 2 aliphatic rings. The zero-order chi connectivity index (χ0) is 18.5. The van der Waals surface area contributed by atoms with Crippen molar-refractivity contribution < 1.29 is 9.53 Å². The maximum Gasteiger partial charge on any atom is 0.253 e. The van der Waals surface area contributed by atoms with Gasteiger partial charge in [-0.3, -0.25) is 9.69 Å². The van der Waals surface area contributed by atoms with Crippen LogP contribution in [0.15, 0.2) is 60.7 Å². The van der Waals surface area contributed by atoms with Crippen LogP contribution in [0, 0.1) is 0 Å². The number of likely N-dealkylation sites (tertiary alicyclic amines) is 1. The molecule has 0 aliphatic carbocycles. The van der Waals surface area contributed by atoms with E-state index in [1.807, 2.05) is 17.0 Å². The van der Waals surface area contributed by atoms with Crippen molar-refractivity contribution in [3.8, 4) is 0 Å². The lowest BCUT2D eigenvalue weighted by Gasteiger charge is -2.40. The van der Waals surface area contributed by atoms with Gasteiger partial charge in [-0.25, -0.2) is 0 Å². The number of hydrogen-bond donors (Lipinski definition) is 0. The van der Waals surface area contributed by atoms with Gasteiger partial charge in [0.05, 0.1) is 12.6 Å². The van der Waals surface area contributed by atoms with Crippen molar-refractivity contribution in [1.82, 2.24) is 9.80 Å². The highest BCUT2D eigenvalue weighted by Gasteiger charge is 2.34. The number of ether oxygens (including phenoxy) is 1. The number of morpholine rings is 1. The van der Waals surface area contributed by atoms with E-state index < -0.39 is 0 Å². The zero-order valence-electron chi connectivity index (χ0n) is 15.8. The Balaban J connectivity index is 1.56. The van der Waals surface area contributed by atoms with E-state index in [0.717, 1.165) is 32.5 Å². The Morgan fingerprint density at radius 2 is 1.44 bits per heavy atom. The first-order valence-corrected chi connectivity index (χ1v) is 10.1. The third-order valence-corrected chi connectivity index (χ3v) is 5.64. The highest BCUT2D eigenvalue weighted by atomic mass is 16.5. The molecule has 2 aliphatic heterocycles. The van der Waals surface area contributed by atoms with Crippen LogP contribution in [0.2, 0.25) is 0 Å². The van der Waals surface area contributed by atoms with E-state index in [0.29, 0.717) is 13.2 Å². The van der Waals surface area contributed by atoms with Crippen molar-refractivity contribution in [2.24, 2.45) is 0 Å². The van der Waals surface area contributed by atoms with Crippen LogP contribution in [0.1, 0.15) is 36.4 Å². The van der Waals surface area contributed by atoms with E-state index in [1.165, 1.54) is 17.5 Å². The summed E-state index contributed by atoms with van der Waals surface area (Å²) in [6, 6.07) is 21.3. The maximum absolute atomic E-state index is 13.0. The smallest absolute Gasteiger partial charge is 0.253 e. The molecule has 4 nitrogen and oxygen atoms in total. The minimum atomic E-state index is -0.355. The average molecular weight is 364 g/mol. The Hall–Kier alpha value is -2.17. The third kappa shape index (κ3) is 4.23. The summed E-state index contributed by atoms with van der Waals surface area (Å²) in [4.78, 5) is 17.4. The van der Waals surface area contributed by atoms with E-state index in [-0.39, 0.29) is 18.1 Å². The van der Waals surface area contributed by atoms with Crippen molar-refractivity contribution in [3.63, 3.8) is 0 Å². The summed E-state index contributed by atoms with van der Waals surface area (Å²) in [6.07, 6.45) is 3.09. The highest BCUT2D eigenvalue weighted by Crippen LogP contribution is 2.30. The molecule has 0 radical (unpaired) electrons. The number of carbonyl (C=O) groups is 1. The molecule has 1 amide bonds. The van der Waals surface area contributed by atoms with Gasteiger partial charge in [0, 0.05) is 26.2 Å². The average Bonchev–Trinajstić information content (AvgIpc) is 2.76. The van der Waals surface area contributed by atoms with Crippen LogP contribution in [0.25, 0.3) is 0 Å². The summed E-state index contributed by atoms with van der Waals surface area (Å²) >= 11 is 0. The first-order chi connectivity index (χ1) is 13.3. The molecule has 1 unspecified atom stereocenters. The fourth-order valence-electron chi connectivity index (χ4n) is 4.26. The molecule has 4 heteroatoms. The molecule has 0 aromatic heterocycles. The summed E-state index contributed by atoms with van der Waals surface area (Å²) in [5, 5.41) is 0. The number of nitrogens with zero attached hydrogens (tertiary/aromatic N) is 2. The Bertz CT molecular complexity index is 689. The summed E-state index contributed by atoms with van der Waals surface area (Å²) in [5.74, 6) is 0.166. The number of carbonyl (C=O) groups excluding carboxylic acids is 1. The molecule has 0 spiro atoms. The van der Waals surface area contributed by atoms with Crippen LogP contribution in [0.3, 0.4) is 0 Å². The van der Waals surface area contributed by atoms with E-state index in [4.69, 9.17) is 4.74 Å². The van der Waals surface area contributed by atoms with Gasteiger partial charge in [0.15, 0.2) is 0 Å². The normalized spacial score (nSPS) is 21.4. The van der Waals surface area contributed by atoms with Crippen LogP contribution < -0.4 is 0 Å². The van der Waals surface area contributed by atoms with Crippen LogP contribution >= 0.6 is 0 Å². The van der Waals surface area contributed by atoms with Crippen molar-refractivity contribution in [2.45, 2.75) is 31.4 Å². The van der Waals surface area contributed by atoms with Gasteiger partial charge < -0.3 is 9.64 Å². The van der Waals surface area contributed by atoms with E-state index >= 15 is 0 Å². The van der Waals surface area contributed by atoms with Gasteiger partial charge in [-0.05, 0) is 30.4 Å². The molecule has 2 aromatic carbocycles. The Morgan fingerprint density at radius 3 is 2.04 bits per heavy atom. The molecule has 4 rings (SSSR count). The lowest BCUT2D eigenvalue weighted by Crippen LogP contribution is -2.52. The van der Waals surface area contributed by atoms with Gasteiger partial charge in [0.25, 0.3) is 5.91 Å². The molecule has 1 atom stereocenters. The number of piperidine rings is 1. The topological polar surface area (TPSA) is 32.8 Å². The standard InChI is InChI=1S/C23H28N2O2/c26-23(24-14-8-3-9-15-24)21-18-25(16-17-27-21)22(19-10-4-1-5-11-19)20-12-6-2-7-13-20/h1-2,4-7,10-13,21-22H,3,8-9,14-18H2. The fourth-order valence-corrected chi connectivity index (χ4v) is 4.26. The summed E-state index contributed by atoms with van der Waals surface area (Å²) in [6.45, 7) is 3.82. The first kappa shape index (κ1) is 18.2. The molecular weight excluding hydrogens is 336 g/mol. The molecule has 0 N–H and O–H groups in total. The van der Waals surface area contributed by atoms with Crippen molar-refractivity contribution in [3.05, 3.63) is 71.8 Å². The van der Waals surface area contributed by atoms with Crippen molar-refractivity contribution >= 4 is 5.91 Å². The van der Waals surface area contributed by atoms with E-state index in [1.54, 1.807) is 0 Å². The lowest BCUT2D eigenvalue weighted by atomic mass is 9.96. The fraction of sp³-hybridized carbons (Fsp3) is 0.435. The van der Waals surface area contributed by atoms with Gasteiger partial charge in [0.1, 0.15) is 6.10 Å². The molecule has 27 heavy (non-hydrogen) atoms. The van der Waals surface area contributed by atoms with Gasteiger partial charge in [-0.15, -0.1) is 0 Å². The number of rotatable bonds is 4. The molecule has 0 bridgehead atoms. The first-order valence-electron chi connectivity index (χ1n) is 10.1. The van der Waals surface area contributed by atoms with Crippen LogP contribution in [-0.2, 0) is 9.53 Å². The minimum absolute atomic E-state index is 0.146. The molecule has 0 saturated carbocycles. The quantitative estimate of drug-likeness (QED) is 0.833. The van der Waals surface area contributed by atoms with Crippen LogP contribution in [0.4, 0.5) is 0 Å². The number of hydrogen-bond acceptors (Lipinski definition) is 3. The van der Waals surface area contributed by atoms with Crippen LogP contribution in [0.5, 0.6) is 0 Å². The van der Waals surface area contributed by atoms with Crippen molar-refractivity contribution in [1.29, 1.82) is 0 Å². The predicted molar refractivity (Wildman–Crippen MR) is 106 cm³/mol. The van der Waals surface area contributed by atoms with Crippen molar-refractivity contribution in [2.75, 3.05) is 32.8 Å². The highest BCUT2D eigenvalue weighted by molar-refractivity contribution is 5.81. The Morgan fingerprint density at radius 1 is 0.852 bits per heavy atom. The second-order valence-electron chi connectivity index (χ2n) is 7.46. The Kier molecular flexibility index (Phi) is 5.85. The monoisotopic (exact) mass is 364 g/mol. The maximum atomic E-state index is 13.0. The SMILES string of the molecule is O=C(C1CN(C(c2ccccc2)c2ccccc2)CCO1)N1CCCCC1. The zero-order valence-corrected chi connectivity index (χ0v) is 15.8. The summed E-state index contributed by atoms with van der Waals surface area (Å²) in [7, 11) is 0. The molecule has 2 saturated heterocycles. The van der Waals surface area contributed by atoms with Crippen LogP contribution in [-0.4, -0.2) is 54.6 Å². The molecular formula is C23H28N2O2. The lowest BCUT2D eigenvalue weighted by molar-refractivity contribution is -0.151. The van der Waals surface area contributed by atoms with Gasteiger partial charge in [-0.2, -0.15) is 0 Å². The second-order valence-corrected chi connectivity index (χ2v) is 7.46.